The third-order valence-corrected chi connectivity index (χ3v) is 3.55. The van der Waals surface area contributed by atoms with Crippen LogP contribution >= 0.6 is 0 Å². The van der Waals surface area contributed by atoms with Gasteiger partial charge in [0.1, 0.15) is 0 Å². The molecule has 0 N–H and O–H groups in total. The minimum Gasteiger partial charge on any atom is -0.282 e. The van der Waals surface area contributed by atoms with Gasteiger partial charge in [-0.3, -0.25) is 14.5 Å². The summed E-state index contributed by atoms with van der Waals surface area (Å²) in [6.45, 7) is 3.23. The minimum atomic E-state index is -4.13. The molecule has 0 spiro atoms. The topological polar surface area (TPSA) is 37.4 Å². The molecule has 2 unspecified atom stereocenters. The van der Waals surface area contributed by atoms with E-state index < -0.39 is 12.1 Å². The Balaban J connectivity index is 2.18. The second kappa shape index (κ2) is 6.39. The van der Waals surface area contributed by atoms with Crippen LogP contribution in [0.5, 0.6) is 0 Å². The van der Waals surface area contributed by atoms with E-state index in [9.17, 15) is 22.8 Å². The highest BCUT2D eigenvalue weighted by Crippen LogP contribution is 2.29. The van der Waals surface area contributed by atoms with Gasteiger partial charge in [0.15, 0.2) is 0 Å². The Morgan fingerprint density at radius 1 is 1.26 bits per heavy atom. The number of rotatable bonds is 6. The second-order valence-electron chi connectivity index (χ2n) is 5.28. The lowest BCUT2D eigenvalue weighted by Crippen LogP contribution is -2.31. The van der Waals surface area contributed by atoms with Crippen molar-refractivity contribution in [3.63, 3.8) is 0 Å². The molecule has 0 aromatic rings. The van der Waals surface area contributed by atoms with E-state index in [0.717, 1.165) is 0 Å². The zero-order valence-electron chi connectivity index (χ0n) is 11.3. The zero-order chi connectivity index (χ0) is 14.6. The van der Waals surface area contributed by atoms with Crippen molar-refractivity contribution in [2.45, 2.75) is 52.1 Å². The van der Waals surface area contributed by atoms with Gasteiger partial charge in [-0.2, -0.15) is 13.2 Å². The summed E-state index contributed by atoms with van der Waals surface area (Å²) in [5.74, 6) is -1.87. The normalized spacial score (nSPS) is 22.2. The molecule has 0 bridgehead atoms. The number of likely N-dealkylation sites (tertiary alicyclic amines) is 1. The van der Waals surface area contributed by atoms with Crippen molar-refractivity contribution in [2.75, 3.05) is 6.54 Å². The summed E-state index contributed by atoms with van der Waals surface area (Å²) in [6, 6.07) is 0. The van der Waals surface area contributed by atoms with E-state index in [1.54, 1.807) is 6.92 Å². The molecule has 3 nitrogen and oxygen atoms in total. The number of unbranched alkanes of at least 4 members (excludes halogenated alkanes) is 2. The lowest BCUT2D eigenvalue weighted by atomic mass is 10.0. The van der Waals surface area contributed by atoms with Crippen molar-refractivity contribution in [1.29, 1.82) is 0 Å². The Labute approximate surface area is 111 Å². The highest BCUT2D eigenvalue weighted by atomic mass is 19.4. The fraction of sp³-hybridized carbons (Fsp3) is 0.846. The molecule has 0 radical (unpaired) electrons. The average Bonchev–Trinajstić information content (AvgIpc) is 2.53. The number of carbonyl (C=O) groups excluding carboxylic acids is 2. The van der Waals surface area contributed by atoms with Crippen LogP contribution in [0.1, 0.15) is 46.0 Å². The number of hydrogen-bond acceptors (Lipinski definition) is 2. The number of hydrogen-bond donors (Lipinski definition) is 0. The number of amides is 2. The van der Waals surface area contributed by atoms with Crippen molar-refractivity contribution in [1.82, 2.24) is 4.90 Å². The van der Waals surface area contributed by atoms with Gasteiger partial charge in [-0.1, -0.05) is 26.7 Å². The van der Waals surface area contributed by atoms with Crippen molar-refractivity contribution < 1.29 is 22.8 Å². The first-order valence-corrected chi connectivity index (χ1v) is 6.64. The van der Waals surface area contributed by atoms with Crippen molar-refractivity contribution in [3.8, 4) is 0 Å². The van der Waals surface area contributed by atoms with Gasteiger partial charge in [0.2, 0.25) is 11.8 Å². The van der Waals surface area contributed by atoms with Gasteiger partial charge in [0.25, 0.3) is 0 Å². The molecular formula is C13H20F3NO2. The van der Waals surface area contributed by atoms with Gasteiger partial charge in [-0.25, -0.2) is 0 Å². The highest BCUT2D eigenvalue weighted by Gasteiger charge is 2.36. The predicted octanol–water partition coefficient (Wildman–Crippen LogP) is 3.14. The molecule has 1 aliphatic heterocycles. The molecule has 1 fully saturated rings. The largest absolute Gasteiger partial charge is 0.391 e. The molecular weight excluding hydrogens is 259 g/mol. The van der Waals surface area contributed by atoms with Crippen LogP contribution in [0.25, 0.3) is 0 Å². The lowest BCUT2D eigenvalue weighted by Gasteiger charge is -2.16. The standard InChI is InChI=1S/C13H20F3NO2/c1-9-8-11(18)17(12(9)19)7-5-3-4-6-10(2)13(14,15)16/h9-10H,3-8H2,1-2H3. The van der Waals surface area contributed by atoms with Crippen LogP contribution in [0, 0.1) is 11.8 Å². The summed E-state index contributed by atoms with van der Waals surface area (Å²) < 4.78 is 36.8. The van der Waals surface area contributed by atoms with Crippen molar-refractivity contribution >= 4 is 11.8 Å². The van der Waals surface area contributed by atoms with Gasteiger partial charge in [0.05, 0.1) is 5.92 Å². The number of imide groups is 1. The van der Waals surface area contributed by atoms with Gasteiger partial charge < -0.3 is 0 Å². The molecule has 0 aromatic carbocycles. The van der Waals surface area contributed by atoms with Crippen molar-refractivity contribution in [2.24, 2.45) is 11.8 Å². The molecule has 0 aliphatic carbocycles. The molecule has 0 saturated carbocycles. The molecule has 2 atom stereocenters. The average molecular weight is 279 g/mol. The first-order valence-electron chi connectivity index (χ1n) is 6.64. The molecule has 6 heteroatoms. The molecule has 110 valence electrons. The summed E-state index contributed by atoms with van der Waals surface area (Å²) in [4.78, 5) is 24.3. The maximum Gasteiger partial charge on any atom is 0.391 e. The van der Waals surface area contributed by atoms with Gasteiger partial charge in [-0.15, -0.1) is 0 Å². The first-order chi connectivity index (χ1) is 8.73. The van der Waals surface area contributed by atoms with E-state index in [4.69, 9.17) is 0 Å². The van der Waals surface area contributed by atoms with Gasteiger partial charge >= 0.3 is 6.18 Å². The van der Waals surface area contributed by atoms with Crippen LogP contribution < -0.4 is 0 Å². The Hall–Kier alpha value is -1.07. The number of nitrogens with zero attached hydrogens (tertiary/aromatic N) is 1. The Kier molecular flexibility index (Phi) is 5.38. The summed E-state index contributed by atoms with van der Waals surface area (Å²) >= 11 is 0. The molecule has 0 aromatic heterocycles. The molecule has 1 rings (SSSR count). The Bertz CT molecular complexity index is 341. The third kappa shape index (κ3) is 4.51. The SMILES string of the molecule is CC1CC(=O)N(CCCCCC(C)C(F)(F)F)C1=O. The highest BCUT2D eigenvalue weighted by molar-refractivity contribution is 6.03. The number of carbonyl (C=O) groups is 2. The molecule has 1 saturated heterocycles. The van der Waals surface area contributed by atoms with Crippen LogP contribution in [-0.4, -0.2) is 29.4 Å². The van der Waals surface area contributed by atoms with Crippen LogP contribution in [0.3, 0.4) is 0 Å². The maximum absolute atomic E-state index is 12.3. The predicted molar refractivity (Wildman–Crippen MR) is 64.2 cm³/mol. The van der Waals surface area contributed by atoms with Gasteiger partial charge in [-0.05, 0) is 12.8 Å². The van der Waals surface area contributed by atoms with Crippen LogP contribution in [0.2, 0.25) is 0 Å². The van der Waals surface area contributed by atoms with E-state index in [1.807, 2.05) is 0 Å². The molecule has 2 amide bonds. The molecule has 1 aliphatic rings. The lowest BCUT2D eigenvalue weighted by molar-refractivity contribution is -0.171. The summed E-state index contributed by atoms with van der Waals surface area (Å²) in [5, 5.41) is 0. The monoisotopic (exact) mass is 279 g/mol. The summed E-state index contributed by atoms with van der Waals surface area (Å²) in [7, 11) is 0. The first kappa shape index (κ1) is 16.0. The van der Waals surface area contributed by atoms with Crippen LogP contribution in [-0.2, 0) is 9.59 Å². The van der Waals surface area contributed by atoms with E-state index in [-0.39, 0.29) is 30.6 Å². The minimum absolute atomic E-state index is 0.0990. The number of halogens is 3. The summed E-state index contributed by atoms with van der Waals surface area (Å²) in [6.07, 6.45) is -2.13. The van der Waals surface area contributed by atoms with Crippen molar-refractivity contribution in [3.05, 3.63) is 0 Å². The molecule has 1 heterocycles. The Morgan fingerprint density at radius 3 is 2.37 bits per heavy atom. The molecule has 19 heavy (non-hydrogen) atoms. The third-order valence-electron chi connectivity index (χ3n) is 3.55. The van der Waals surface area contributed by atoms with E-state index in [0.29, 0.717) is 25.8 Å². The zero-order valence-corrected chi connectivity index (χ0v) is 11.3. The van der Waals surface area contributed by atoms with E-state index in [2.05, 4.69) is 0 Å². The van der Waals surface area contributed by atoms with E-state index in [1.165, 1.54) is 11.8 Å². The second-order valence-corrected chi connectivity index (χ2v) is 5.28. The fourth-order valence-electron chi connectivity index (χ4n) is 2.14. The summed E-state index contributed by atoms with van der Waals surface area (Å²) in [5.41, 5.74) is 0. The van der Waals surface area contributed by atoms with Gasteiger partial charge in [0, 0.05) is 18.9 Å². The van der Waals surface area contributed by atoms with Crippen LogP contribution in [0.15, 0.2) is 0 Å². The fourth-order valence-corrected chi connectivity index (χ4v) is 2.14. The Morgan fingerprint density at radius 2 is 1.89 bits per heavy atom. The number of alkyl halides is 3. The maximum atomic E-state index is 12.3. The smallest absolute Gasteiger partial charge is 0.282 e. The quantitative estimate of drug-likeness (QED) is 0.553. The van der Waals surface area contributed by atoms with Crippen LogP contribution in [0.4, 0.5) is 13.2 Å². The van der Waals surface area contributed by atoms with E-state index >= 15 is 0 Å².